The highest BCUT2D eigenvalue weighted by Gasteiger charge is 2.33. The molecule has 6 heteroatoms. The van der Waals surface area contributed by atoms with E-state index in [1.807, 2.05) is 0 Å². The summed E-state index contributed by atoms with van der Waals surface area (Å²) in [5, 5.41) is 0.177. The summed E-state index contributed by atoms with van der Waals surface area (Å²) in [6.07, 6.45) is -3.17. The third kappa shape index (κ3) is 2.60. The number of hydrogen-bond donors (Lipinski definition) is 0. The van der Waals surface area contributed by atoms with E-state index >= 15 is 0 Å². The highest BCUT2D eigenvalue weighted by Crippen LogP contribution is 2.37. The molecule has 0 aliphatic rings. The van der Waals surface area contributed by atoms with E-state index in [1.165, 1.54) is 30.5 Å². The van der Waals surface area contributed by atoms with Crippen LogP contribution in [0, 0.1) is 0 Å². The van der Waals surface area contributed by atoms with Crippen LogP contribution in [0.25, 0.3) is 11.1 Å². The average Bonchev–Trinajstić information content (AvgIpc) is 2.32. The van der Waals surface area contributed by atoms with E-state index < -0.39 is 11.7 Å². The van der Waals surface area contributed by atoms with Crippen molar-refractivity contribution in [2.24, 2.45) is 0 Å². The zero-order chi connectivity index (χ0) is 13.3. The standard InChI is InChI=1S/C12H6Cl2F3N/c13-10-5-7(6-18-11(10)14)8-3-1-2-4-9(8)12(15,16)17/h1-6H. The van der Waals surface area contributed by atoms with Gasteiger partial charge in [-0.1, -0.05) is 41.4 Å². The molecule has 0 amide bonds. The summed E-state index contributed by atoms with van der Waals surface area (Å²) in [5.41, 5.74) is -0.432. The van der Waals surface area contributed by atoms with Crippen LogP contribution in [0.3, 0.4) is 0 Å². The Labute approximate surface area is 111 Å². The van der Waals surface area contributed by atoms with Crippen molar-refractivity contribution in [2.45, 2.75) is 6.18 Å². The summed E-state index contributed by atoms with van der Waals surface area (Å²) in [4.78, 5) is 3.74. The van der Waals surface area contributed by atoms with Gasteiger partial charge in [-0.2, -0.15) is 13.2 Å². The van der Waals surface area contributed by atoms with E-state index in [2.05, 4.69) is 4.98 Å². The molecule has 0 fully saturated rings. The normalized spacial score (nSPS) is 11.6. The van der Waals surface area contributed by atoms with Gasteiger partial charge in [0.1, 0.15) is 5.15 Å². The highest BCUT2D eigenvalue weighted by molar-refractivity contribution is 6.41. The lowest BCUT2D eigenvalue weighted by molar-refractivity contribution is -0.137. The molecule has 1 nitrogen and oxygen atoms in total. The fraction of sp³-hybridized carbons (Fsp3) is 0.0833. The predicted molar refractivity (Wildman–Crippen MR) is 64.7 cm³/mol. The molecular formula is C12H6Cl2F3N. The Morgan fingerprint density at radius 1 is 1.06 bits per heavy atom. The quantitative estimate of drug-likeness (QED) is 0.668. The van der Waals surface area contributed by atoms with E-state index in [9.17, 15) is 13.2 Å². The number of aromatic nitrogens is 1. The minimum atomic E-state index is -4.43. The molecule has 1 heterocycles. The number of halogens is 5. The number of hydrogen-bond acceptors (Lipinski definition) is 1. The fourth-order valence-electron chi connectivity index (χ4n) is 1.55. The summed E-state index contributed by atoms with van der Waals surface area (Å²) < 4.78 is 38.5. The number of rotatable bonds is 1. The van der Waals surface area contributed by atoms with Gasteiger partial charge in [0.15, 0.2) is 0 Å². The molecule has 0 aliphatic heterocycles. The average molecular weight is 292 g/mol. The van der Waals surface area contributed by atoms with E-state index in [-0.39, 0.29) is 21.3 Å². The van der Waals surface area contributed by atoms with Crippen LogP contribution in [0.2, 0.25) is 10.2 Å². The van der Waals surface area contributed by atoms with Gasteiger partial charge in [-0.15, -0.1) is 0 Å². The smallest absolute Gasteiger partial charge is 0.242 e. The third-order valence-electron chi connectivity index (χ3n) is 2.34. The van der Waals surface area contributed by atoms with Crippen LogP contribution in [0.15, 0.2) is 36.5 Å². The third-order valence-corrected chi connectivity index (χ3v) is 3.03. The van der Waals surface area contributed by atoms with E-state index in [4.69, 9.17) is 23.2 Å². The van der Waals surface area contributed by atoms with Gasteiger partial charge >= 0.3 is 6.18 Å². The number of nitrogens with zero attached hydrogens (tertiary/aromatic N) is 1. The van der Waals surface area contributed by atoms with Gasteiger partial charge in [0.05, 0.1) is 10.6 Å². The molecule has 0 unspecified atom stereocenters. The monoisotopic (exact) mass is 291 g/mol. The van der Waals surface area contributed by atoms with Crippen LogP contribution in [0.4, 0.5) is 13.2 Å². The molecule has 0 bridgehead atoms. The van der Waals surface area contributed by atoms with Crippen molar-refractivity contribution < 1.29 is 13.2 Å². The summed E-state index contributed by atoms with van der Waals surface area (Å²) >= 11 is 11.4. The van der Waals surface area contributed by atoms with Crippen LogP contribution in [-0.2, 0) is 6.18 Å². The maximum absolute atomic E-state index is 12.8. The molecule has 18 heavy (non-hydrogen) atoms. The van der Waals surface area contributed by atoms with Crippen LogP contribution >= 0.6 is 23.2 Å². The first kappa shape index (κ1) is 13.2. The van der Waals surface area contributed by atoms with Gasteiger partial charge in [0.25, 0.3) is 0 Å². The van der Waals surface area contributed by atoms with Crippen LogP contribution < -0.4 is 0 Å². The second-order valence-corrected chi connectivity index (χ2v) is 4.31. The van der Waals surface area contributed by atoms with Gasteiger partial charge in [0, 0.05) is 11.8 Å². The van der Waals surface area contributed by atoms with Crippen molar-refractivity contribution in [3.8, 4) is 11.1 Å². The Morgan fingerprint density at radius 3 is 2.33 bits per heavy atom. The molecule has 1 aromatic heterocycles. The van der Waals surface area contributed by atoms with Gasteiger partial charge < -0.3 is 0 Å². The van der Waals surface area contributed by atoms with Crippen LogP contribution in [0.1, 0.15) is 5.56 Å². The lowest BCUT2D eigenvalue weighted by Crippen LogP contribution is -2.06. The molecule has 0 radical (unpaired) electrons. The highest BCUT2D eigenvalue weighted by atomic mass is 35.5. The first-order valence-corrected chi connectivity index (χ1v) is 5.63. The van der Waals surface area contributed by atoms with Crippen molar-refractivity contribution in [2.75, 3.05) is 0 Å². The molecule has 0 atom stereocenters. The van der Waals surface area contributed by atoms with Crippen molar-refractivity contribution in [3.63, 3.8) is 0 Å². The molecule has 0 aliphatic carbocycles. The van der Waals surface area contributed by atoms with Crippen molar-refractivity contribution in [1.29, 1.82) is 0 Å². The molecule has 94 valence electrons. The number of alkyl halides is 3. The first-order chi connectivity index (χ1) is 8.39. The molecular weight excluding hydrogens is 286 g/mol. The molecule has 2 aromatic rings. The van der Waals surface area contributed by atoms with Gasteiger partial charge in [-0.3, -0.25) is 0 Å². The van der Waals surface area contributed by atoms with Crippen LogP contribution in [-0.4, -0.2) is 4.98 Å². The SMILES string of the molecule is FC(F)(F)c1ccccc1-c1cnc(Cl)c(Cl)c1. The Morgan fingerprint density at radius 2 is 1.72 bits per heavy atom. The second-order valence-electron chi connectivity index (χ2n) is 3.54. The maximum atomic E-state index is 12.8. The molecule has 0 spiro atoms. The molecule has 2 rings (SSSR count). The molecule has 0 saturated carbocycles. The number of benzene rings is 1. The molecule has 0 N–H and O–H groups in total. The predicted octanol–water partition coefficient (Wildman–Crippen LogP) is 5.07. The first-order valence-electron chi connectivity index (χ1n) is 4.87. The topological polar surface area (TPSA) is 12.9 Å². The second kappa shape index (κ2) is 4.78. The maximum Gasteiger partial charge on any atom is 0.417 e. The van der Waals surface area contributed by atoms with E-state index in [1.54, 1.807) is 0 Å². The lowest BCUT2D eigenvalue weighted by Gasteiger charge is -2.12. The van der Waals surface area contributed by atoms with Gasteiger partial charge in [-0.05, 0) is 17.7 Å². The molecule has 1 aromatic carbocycles. The largest absolute Gasteiger partial charge is 0.417 e. The van der Waals surface area contributed by atoms with Crippen molar-refractivity contribution >= 4 is 23.2 Å². The Balaban J connectivity index is 2.61. The Kier molecular flexibility index (Phi) is 3.50. The van der Waals surface area contributed by atoms with E-state index in [0.29, 0.717) is 0 Å². The van der Waals surface area contributed by atoms with Gasteiger partial charge in [0.2, 0.25) is 0 Å². The lowest BCUT2D eigenvalue weighted by atomic mass is 10.0. The molecule has 0 saturated heterocycles. The van der Waals surface area contributed by atoms with Crippen molar-refractivity contribution in [3.05, 3.63) is 52.3 Å². The Hall–Kier alpha value is -1.26. The summed E-state index contributed by atoms with van der Waals surface area (Å²) in [7, 11) is 0. The Bertz CT molecular complexity index is 582. The van der Waals surface area contributed by atoms with E-state index in [0.717, 1.165) is 6.07 Å². The fourth-order valence-corrected chi connectivity index (χ4v) is 1.82. The summed E-state index contributed by atoms with van der Waals surface area (Å²) in [6, 6.07) is 6.59. The number of pyridine rings is 1. The van der Waals surface area contributed by atoms with Gasteiger partial charge in [-0.25, -0.2) is 4.98 Å². The van der Waals surface area contributed by atoms with Crippen molar-refractivity contribution in [1.82, 2.24) is 4.98 Å². The minimum absolute atomic E-state index is 0.0241. The minimum Gasteiger partial charge on any atom is -0.242 e. The zero-order valence-electron chi connectivity index (χ0n) is 8.80. The summed E-state index contributed by atoms with van der Waals surface area (Å²) in [6.45, 7) is 0. The van der Waals surface area contributed by atoms with Crippen LogP contribution in [0.5, 0.6) is 0 Å². The summed E-state index contributed by atoms with van der Waals surface area (Å²) in [5.74, 6) is 0. The zero-order valence-corrected chi connectivity index (χ0v) is 10.3.